The van der Waals surface area contributed by atoms with Gasteiger partial charge in [-0.3, -0.25) is 0 Å². The number of alkyl halides is 1. The summed E-state index contributed by atoms with van der Waals surface area (Å²) in [6.45, 7) is 11.5. The highest BCUT2D eigenvalue weighted by Gasteiger charge is 2.59. The van der Waals surface area contributed by atoms with Gasteiger partial charge in [0, 0.05) is 4.87 Å². The first-order valence-corrected chi connectivity index (χ1v) is 13.1. The molecule has 0 aromatic carbocycles. The minimum absolute atomic E-state index is 0.120. The predicted octanol–water partition coefficient (Wildman–Crippen LogP) is 6.72. The van der Waals surface area contributed by atoms with Crippen molar-refractivity contribution in [2.24, 2.45) is 40.4 Å². The molecule has 0 radical (unpaired) electrons. The van der Waals surface area contributed by atoms with E-state index in [2.05, 4.69) is 40.7 Å². The molecule has 4 aliphatic carbocycles. The molecule has 2 N–H and O–H groups in total. The number of aliphatic hydroxyl groups excluding tert-OH is 2. The van der Waals surface area contributed by atoms with Gasteiger partial charge in [0.25, 0.3) is 0 Å². The largest absolute Gasteiger partial charge is 0.393 e. The molecule has 9 atom stereocenters. The Bertz CT molecular complexity index is 666. The minimum Gasteiger partial charge on any atom is -0.393 e. The van der Waals surface area contributed by atoms with E-state index in [0.717, 1.165) is 49.9 Å². The summed E-state index contributed by atoms with van der Waals surface area (Å²) in [5, 5.41) is 21.2. The Labute approximate surface area is 189 Å². The molecule has 8 unspecified atom stereocenters. The standard InChI is InChI=1S/C27H45ClO2/c1-17(24(30)12-13-25(2,3)28)21-8-9-22-20-7-6-18-16-19(29)10-14-26(18,4)23(20)11-15-27(21,22)5/h6,17,19-24,29-30H,7-16H2,1-5H3/t17-,19?,20?,21?,22?,23?,24?,26?,27?/m0/s1. The summed E-state index contributed by atoms with van der Waals surface area (Å²) in [6.07, 6.45) is 13.4. The summed E-state index contributed by atoms with van der Waals surface area (Å²) in [6, 6.07) is 0. The van der Waals surface area contributed by atoms with Gasteiger partial charge in [0.15, 0.2) is 0 Å². The summed E-state index contributed by atoms with van der Waals surface area (Å²) in [5.74, 6) is 3.36. The van der Waals surface area contributed by atoms with E-state index in [-0.39, 0.29) is 17.1 Å². The zero-order valence-corrected chi connectivity index (χ0v) is 20.7. The molecule has 3 heteroatoms. The number of halogens is 1. The second-order valence-corrected chi connectivity index (χ2v) is 13.6. The van der Waals surface area contributed by atoms with Crippen molar-refractivity contribution in [3.05, 3.63) is 11.6 Å². The maximum absolute atomic E-state index is 11.0. The lowest BCUT2D eigenvalue weighted by Crippen LogP contribution is -2.51. The number of allylic oxidation sites excluding steroid dienone is 1. The lowest BCUT2D eigenvalue weighted by Gasteiger charge is -2.58. The van der Waals surface area contributed by atoms with E-state index >= 15 is 0 Å². The highest BCUT2D eigenvalue weighted by Crippen LogP contribution is 2.67. The lowest BCUT2D eigenvalue weighted by molar-refractivity contribution is -0.0680. The average Bonchev–Trinajstić information content (AvgIpc) is 3.02. The molecular weight excluding hydrogens is 392 g/mol. The van der Waals surface area contributed by atoms with Gasteiger partial charge in [0.2, 0.25) is 0 Å². The van der Waals surface area contributed by atoms with Crippen molar-refractivity contribution in [3.8, 4) is 0 Å². The van der Waals surface area contributed by atoms with Crippen LogP contribution >= 0.6 is 11.6 Å². The third kappa shape index (κ3) is 3.92. The maximum Gasteiger partial charge on any atom is 0.0577 e. The Morgan fingerprint density at radius 1 is 1.13 bits per heavy atom. The Morgan fingerprint density at radius 3 is 2.57 bits per heavy atom. The van der Waals surface area contributed by atoms with Crippen molar-refractivity contribution in [1.29, 1.82) is 0 Å². The first-order valence-electron chi connectivity index (χ1n) is 12.7. The fourth-order valence-corrected chi connectivity index (χ4v) is 8.68. The molecule has 3 fully saturated rings. The fourth-order valence-electron chi connectivity index (χ4n) is 8.57. The molecule has 0 saturated heterocycles. The molecular formula is C27H45ClO2. The number of aliphatic hydroxyl groups is 2. The minimum atomic E-state index is -0.239. The quantitative estimate of drug-likeness (QED) is 0.370. The van der Waals surface area contributed by atoms with Crippen molar-refractivity contribution < 1.29 is 10.2 Å². The summed E-state index contributed by atoms with van der Waals surface area (Å²) < 4.78 is 0. The van der Waals surface area contributed by atoms with E-state index in [1.807, 2.05) is 0 Å². The SMILES string of the molecule is C[C@H](C(O)CCC(C)(C)Cl)C1CCC2C3CC=C4CC(O)CCC4(C)C3CCC21C. The van der Waals surface area contributed by atoms with Crippen LogP contribution in [0.25, 0.3) is 0 Å². The van der Waals surface area contributed by atoms with Crippen LogP contribution in [0.5, 0.6) is 0 Å². The highest BCUT2D eigenvalue weighted by atomic mass is 35.5. The van der Waals surface area contributed by atoms with Crippen molar-refractivity contribution >= 4 is 11.6 Å². The lowest BCUT2D eigenvalue weighted by atomic mass is 9.47. The molecule has 2 nitrogen and oxygen atoms in total. The number of rotatable bonds is 5. The predicted molar refractivity (Wildman–Crippen MR) is 126 cm³/mol. The van der Waals surface area contributed by atoms with Crippen LogP contribution in [0.1, 0.15) is 98.8 Å². The molecule has 4 rings (SSSR count). The van der Waals surface area contributed by atoms with Crippen LogP contribution in [0.15, 0.2) is 11.6 Å². The summed E-state index contributed by atoms with van der Waals surface area (Å²) in [5.41, 5.74) is 2.25. The van der Waals surface area contributed by atoms with Gasteiger partial charge in [-0.1, -0.05) is 32.4 Å². The van der Waals surface area contributed by atoms with Crippen LogP contribution in [0.3, 0.4) is 0 Å². The van der Waals surface area contributed by atoms with E-state index < -0.39 is 0 Å². The van der Waals surface area contributed by atoms with Gasteiger partial charge >= 0.3 is 0 Å². The molecule has 172 valence electrons. The topological polar surface area (TPSA) is 40.5 Å². The zero-order chi connectivity index (χ0) is 21.9. The molecule has 0 aliphatic heterocycles. The second-order valence-electron chi connectivity index (χ2n) is 12.6. The molecule has 4 aliphatic rings. The van der Waals surface area contributed by atoms with E-state index in [1.54, 1.807) is 5.57 Å². The molecule has 0 aromatic rings. The molecule has 30 heavy (non-hydrogen) atoms. The van der Waals surface area contributed by atoms with Crippen LogP contribution in [0.2, 0.25) is 0 Å². The van der Waals surface area contributed by atoms with E-state index in [4.69, 9.17) is 11.6 Å². The van der Waals surface area contributed by atoms with Crippen LogP contribution in [-0.2, 0) is 0 Å². The molecule has 0 amide bonds. The van der Waals surface area contributed by atoms with Gasteiger partial charge in [-0.2, -0.15) is 0 Å². The monoisotopic (exact) mass is 436 g/mol. The second kappa shape index (κ2) is 8.07. The first-order chi connectivity index (χ1) is 14.0. The fraction of sp³-hybridized carbons (Fsp3) is 0.926. The summed E-state index contributed by atoms with van der Waals surface area (Å²) >= 11 is 6.40. The van der Waals surface area contributed by atoms with E-state index in [9.17, 15) is 10.2 Å². The van der Waals surface area contributed by atoms with Gasteiger partial charge in [-0.15, -0.1) is 11.6 Å². The van der Waals surface area contributed by atoms with Crippen molar-refractivity contribution in [2.75, 3.05) is 0 Å². The number of fused-ring (bicyclic) bond motifs is 5. The van der Waals surface area contributed by atoms with Gasteiger partial charge in [0.05, 0.1) is 12.2 Å². The van der Waals surface area contributed by atoms with Crippen LogP contribution < -0.4 is 0 Å². The third-order valence-corrected chi connectivity index (χ3v) is 10.6. The summed E-state index contributed by atoms with van der Waals surface area (Å²) in [4.78, 5) is -0.226. The van der Waals surface area contributed by atoms with Crippen molar-refractivity contribution in [3.63, 3.8) is 0 Å². The molecule has 3 saturated carbocycles. The number of hydrogen-bond acceptors (Lipinski definition) is 2. The Kier molecular flexibility index (Phi) is 6.22. The smallest absolute Gasteiger partial charge is 0.0577 e. The first kappa shape index (κ1) is 23.1. The Balaban J connectivity index is 1.50. The van der Waals surface area contributed by atoms with Crippen LogP contribution in [0, 0.1) is 40.4 Å². The van der Waals surface area contributed by atoms with E-state index in [0.29, 0.717) is 22.7 Å². The van der Waals surface area contributed by atoms with Gasteiger partial charge < -0.3 is 10.2 Å². The maximum atomic E-state index is 11.0. The van der Waals surface area contributed by atoms with Gasteiger partial charge in [-0.25, -0.2) is 0 Å². The van der Waals surface area contributed by atoms with Gasteiger partial charge in [0.1, 0.15) is 0 Å². The normalized spacial score (nSPS) is 45.7. The van der Waals surface area contributed by atoms with Crippen molar-refractivity contribution in [1.82, 2.24) is 0 Å². The van der Waals surface area contributed by atoms with E-state index in [1.165, 1.54) is 32.1 Å². The molecule has 0 aromatic heterocycles. The molecule has 0 bridgehead atoms. The zero-order valence-electron chi connectivity index (χ0n) is 20.0. The third-order valence-electron chi connectivity index (χ3n) is 10.4. The van der Waals surface area contributed by atoms with Gasteiger partial charge in [-0.05, 0) is 118 Å². The van der Waals surface area contributed by atoms with Crippen molar-refractivity contribution in [2.45, 2.75) is 116 Å². The highest BCUT2D eigenvalue weighted by molar-refractivity contribution is 6.23. The van der Waals surface area contributed by atoms with Crippen LogP contribution in [-0.4, -0.2) is 27.3 Å². The molecule has 0 spiro atoms. The average molecular weight is 437 g/mol. The van der Waals surface area contributed by atoms with Crippen LogP contribution in [0.4, 0.5) is 0 Å². The summed E-state index contributed by atoms with van der Waals surface area (Å²) in [7, 11) is 0. The number of hydrogen-bond donors (Lipinski definition) is 2. The Morgan fingerprint density at radius 2 is 1.87 bits per heavy atom. The Hall–Kier alpha value is -0.0500. The molecule has 0 heterocycles.